The summed E-state index contributed by atoms with van der Waals surface area (Å²) < 4.78 is 5.81. The van der Waals surface area contributed by atoms with Crippen molar-refractivity contribution in [3.63, 3.8) is 0 Å². The Balaban J connectivity index is 1.76. The number of hydrogen-bond donors (Lipinski definition) is 2. The zero-order valence-electron chi connectivity index (χ0n) is 15.3. The maximum absolute atomic E-state index is 11.7. The summed E-state index contributed by atoms with van der Waals surface area (Å²) in [7, 11) is 0. The SMILES string of the molecule is CC(C)CC(=O)NC(=S)Nc1cccc(OCCCc2ccccc2)c1. The Morgan fingerprint density at radius 2 is 1.88 bits per heavy atom. The van der Waals surface area contributed by atoms with Crippen molar-refractivity contribution in [2.75, 3.05) is 11.9 Å². The zero-order valence-corrected chi connectivity index (χ0v) is 16.1. The molecule has 1 amide bonds. The summed E-state index contributed by atoms with van der Waals surface area (Å²) >= 11 is 5.18. The van der Waals surface area contributed by atoms with Crippen molar-refractivity contribution in [2.45, 2.75) is 33.1 Å². The second-order valence-electron chi connectivity index (χ2n) is 6.57. The Hall–Kier alpha value is -2.40. The minimum absolute atomic E-state index is 0.0779. The van der Waals surface area contributed by atoms with E-state index in [-0.39, 0.29) is 5.91 Å². The number of nitrogens with one attached hydrogen (secondary N) is 2. The summed E-state index contributed by atoms with van der Waals surface area (Å²) in [6.45, 7) is 4.64. The molecule has 0 atom stereocenters. The lowest BCUT2D eigenvalue weighted by molar-refractivity contribution is -0.120. The van der Waals surface area contributed by atoms with Crippen LogP contribution in [0, 0.1) is 5.92 Å². The van der Waals surface area contributed by atoms with E-state index in [0.717, 1.165) is 24.3 Å². The first-order valence-corrected chi connectivity index (χ1v) is 9.31. The molecule has 0 aliphatic heterocycles. The van der Waals surface area contributed by atoms with Gasteiger partial charge in [-0.3, -0.25) is 4.79 Å². The van der Waals surface area contributed by atoms with E-state index in [2.05, 4.69) is 22.8 Å². The molecule has 0 heterocycles. The Morgan fingerprint density at radius 3 is 2.62 bits per heavy atom. The van der Waals surface area contributed by atoms with Crippen LogP contribution in [0.2, 0.25) is 0 Å². The monoisotopic (exact) mass is 370 g/mol. The van der Waals surface area contributed by atoms with Crippen molar-refractivity contribution in [2.24, 2.45) is 5.92 Å². The molecule has 4 nitrogen and oxygen atoms in total. The summed E-state index contributed by atoms with van der Waals surface area (Å²) in [5.74, 6) is 0.996. The van der Waals surface area contributed by atoms with E-state index in [1.54, 1.807) is 0 Å². The molecular formula is C21H26N2O2S. The van der Waals surface area contributed by atoms with Gasteiger partial charge in [-0.1, -0.05) is 50.2 Å². The third kappa shape index (κ3) is 7.66. The lowest BCUT2D eigenvalue weighted by atomic mass is 10.1. The standard InChI is InChI=1S/C21H26N2O2S/c1-16(2)14-20(24)23-21(26)22-18-11-6-12-19(15-18)25-13-7-10-17-8-4-3-5-9-17/h3-6,8-9,11-12,15-16H,7,10,13-14H2,1-2H3,(H2,22,23,24,26). The predicted octanol–water partition coefficient (Wildman–Crippen LogP) is 4.56. The van der Waals surface area contributed by atoms with Gasteiger partial charge in [-0.15, -0.1) is 0 Å². The number of thiocarbonyl (C=S) groups is 1. The average molecular weight is 371 g/mol. The van der Waals surface area contributed by atoms with Crippen LogP contribution in [0.4, 0.5) is 5.69 Å². The normalized spacial score (nSPS) is 10.4. The quantitative estimate of drug-likeness (QED) is 0.528. The van der Waals surface area contributed by atoms with E-state index < -0.39 is 0 Å². The zero-order chi connectivity index (χ0) is 18.8. The molecule has 2 rings (SSSR count). The molecular weight excluding hydrogens is 344 g/mol. The highest BCUT2D eigenvalue weighted by molar-refractivity contribution is 7.80. The van der Waals surface area contributed by atoms with Gasteiger partial charge in [0.1, 0.15) is 5.75 Å². The van der Waals surface area contributed by atoms with E-state index >= 15 is 0 Å². The molecule has 26 heavy (non-hydrogen) atoms. The van der Waals surface area contributed by atoms with Crippen molar-refractivity contribution in [3.05, 3.63) is 60.2 Å². The van der Waals surface area contributed by atoms with Gasteiger partial charge in [0, 0.05) is 18.2 Å². The number of anilines is 1. The number of benzene rings is 2. The number of hydrogen-bond acceptors (Lipinski definition) is 3. The van der Waals surface area contributed by atoms with Gasteiger partial charge >= 0.3 is 0 Å². The van der Waals surface area contributed by atoms with E-state index in [9.17, 15) is 4.79 Å². The molecule has 5 heteroatoms. The van der Waals surface area contributed by atoms with Crippen molar-refractivity contribution >= 4 is 28.9 Å². The summed E-state index contributed by atoms with van der Waals surface area (Å²) in [6, 6.07) is 17.9. The van der Waals surface area contributed by atoms with Crippen molar-refractivity contribution < 1.29 is 9.53 Å². The Morgan fingerprint density at radius 1 is 1.12 bits per heavy atom. The van der Waals surface area contributed by atoms with Crippen molar-refractivity contribution in [1.29, 1.82) is 0 Å². The molecule has 0 unspecified atom stereocenters. The molecule has 0 aromatic heterocycles. The smallest absolute Gasteiger partial charge is 0.226 e. The van der Waals surface area contributed by atoms with Crippen LogP contribution in [0.25, 0.3) is 0 Å². The third-order valence-electron chi connectivity index (χ3n) is 3.66. The lowest BCUT2D eigenvalue weighted by Crippen LogP contribution is -2.34. The van der Waals surface area contributed by atoms with Crippen LogP contribution in [0.3, 0.4) is 0 Å². The molecule has 2 aromatic rings. The topological polar surface area (TPSA) is 50.4 Å². The lowest BCUT2D eigenvalue weighted by Gasteiger charge is -2.12. The first-order valence-electron chi connectivity index (χ1n) is 8.90. The number of aryl methyl sites for hydroxylation is 1. The van der Waals surface area contributed by atoms with Gasteiger partial charge in [-0.25, -0.2) is 0 Å². The molecule has 0 bridgehead atoms. The molecule has 0 aliphatic rings. The summed E-state index contributed by atoms with van der Waals surface area (Å²) in [5, 5.41) is 6.02. The van der Waals surface area contributed by atoms with Crippen LogP contribution in [0.15, 0.2) is 54.6 Å². The van der Waals surface area contributed by atoms with E-state index in [1.807, 2.05) is 56.3 Å². The van der Waals surface area contributed by atoms with E-state index in [1.165, 1.54) is 5.56 Å². The van der Waals surface area contributed by atoms with Crippen LogP contribution in [-0.4, -0.2) is 17.6 Å². The van der Waals surface area contributed by atoms with Gasteiger partial charge in [0.2, 0.25) is 5.91 Å². The molecule has 0 fully saturated rings. The number of rotatable bonds is 8. The van der Waals surface area contributed by atoms with Crippen LogP contribution < -0.4 is 15.4 Å². The fourth-order valence-corrected chi connectivity index (χ4v) is 2.72. The third-order valence-corrected chi connectivity index (χ3v) is 3.86. The highest BCUT2D eigenvalue weighted by Crippen LogP contribution is 2.18. The van der Waals surface area contributed by atoms with Gasteiger partial charge in [0.25, 0.3) is 0 Å². The average Bonchev–Trinajstić information content (AvgIpc) is 2.59. The molecule has 0 spiro atoms. The molecule has 0 radical (unpaired) electrons. The van der Waals surface area contributed by atoms with Gasteiger partial charge < -0.3 is 15.4 Å². The second kappa shape index (κ2) is 10.6. The number of ether oxygens (including phenoxy) is 1. The number of carbonyl (C=O) groups is 1. The summed E-state index contributed by atoms with van der Waals surface area (Å²) in [6.07, 6.45) is 2.39. The molecule has 2 aromatic carbocycles. The molecule has 0 saturated carbocycles. The van der Waals surface area contributed by atoms with Gasteiger partial charge in [-0.2, -0.15) is 0 Å². The highest BCUT2D eigenvalue weighted by atomic mass is 32.1. The Kier molecular flexibility index (Phi) is 8.09. The number of amides is 1. The van der Waals surface area contributed by atoms with Crippen LogP contribution in [0.1, 0.15) is 32.3 Å². The van der Waals surface area contributed by atoms with Crippen molar-refractivity contribution in [3.8, 4) is 5.75 Å². The number of carbonyl (C=O) groups excluding carboxylic acids is 1. The molecule has 0 aliphatic carbocycles. The fourth-order valence-electron chi connectivity index (χ4n) is 2.49. The fraction of sp³-hybridized carbons (Fsp3) is 0.333. The second-order valence-corrected chi connectivity index (χ2v) is 6.97. The van der Waals surface area contributed by atoms with Crippen molar-refractivity contribution in [1.82, 2.24) is 5.32 Å². The Labute approximate surface area is 161 Å². The first-order chi connectivity index (χ1) is 12.5. The van der Waals surface area contributed by atoms with E-state index in [4.69, 9.17) is 17.0 Å². The molecule has 2 N–H and O–H groups in total. The minimum Gasteiger partial charge on any atom is -0.494 e. The van der Waals surface area contributed by atoms with Crippen LogP contribution >= 0.6 is 12.2 Å². The highest BCUT2D eigenvalue weighted by Gasteiger charge is 2.07. The largest absolute Gasteiger partial charge is 0.494 e. The van der Waals surface area contributed by atoms with Gasteiger partial charge in [0.15, 0.2) is 5.11 Å². The molecule has 138 valence electrons. The maximum Gasteiger partial charge on any atom is 0.226 e. The van der Waals surface area contributed by atoms with Gasteiger partial charge in [0.05, 0.1) is 6.61 Å². The summed E-state index contributed by atoms with van der Waals surface area (Å²) in [4.78, 5) is 11.7. The maximum atomic E-state index is 11.7. The van der Waals surface area contributed by atoms with E-state index in [0.29, 0.717) is 24.1 Å². The minimum atomic E-state index is -0.0779. The predicted molar refractivity (Wildman–Crippen MR) is 111 cm³/mol. The molecule has 0 saturated heterocycles. The van der Waals surface area contributed by atoms with Crippen LogP contribution in [0.5, 0.6) is 5.75 Å². The first kappa shape index (κ1) is 19.9. The van der Waals surface area contributed by atoms with Gasteiger partial charge in [-0.05, 0) is 48.7 Å². The summed E-state index contributed by atoms with van der Waals surface area (Å²) in [5.41, 5.74) is 2.11. The Bertz CT molecular complexity index is 717. The van der Waals surface area contributed by atoms with Crippen LogP contribution in [-0.2, 0) is 11.2 Å².